The van der Waals surface area contributed by atoms with Gasteiger partial charge >= 0.3 is 0 Å². The molecule has 0 radical (unpaired) electrons. The fourth-order valence-corrected chi connectivity index (χ4v) is 1.49. The molecule has 0 aliphatic rings. The van der Waals surface area contributed by atoms with E-state index in [0.29, 0.717) is 5.89 Å². The van der Waals surface area contributed by atoms with E-state index in [1.807, 2.05) is 12.1 Å². The molecule has 1 aromatic carbocycles. The molecule has 0 aliphatic heterocycles. The molecule has 78 valence electrons. The van der Waals surface area contributed by atoms with Crippen molar-refractivity contribution in [2.45, 2.75) is 26.2 Å². The Labute approximate surface area is 89.2 Å². The maximum atomic E-state index is 5.12. The summed E-state index contributed by atoms with van der Waals surface area (Å²) in [7, 11) is 0. The number of benzene rings is 1. The van der Waals surface area contributed by atoms with Gasteiger partial charge in [-0.15, -0.1) is 10.2 Å². The highest BCUT2D eigenvalue weighted by molar-refractivity contribution is 5.52. The quantitative estimate of drug-likeness (QED) is 0.764. The van der Waals surface area contributed by atoms with Gasteiger partial charge in [0.15, 0.2) is 0 Å². The van der Waals surface area contributed by atoms with Crippen LogP contribution in [0.15, 0.2) is 35.1 Å². The SMILES string of the molecule is CCCCc1ccc(-c2nnco2)cc1. The Morgan fingerprint density at radius 1 is 1.20 bits per heavy atom. The predicted molar refractivity (Wildman–Crippen MR) is 58.3 cm³/mol. The largest absolute Gasteiger partial charge is 0.423 e. The molecule has 2 aromatic rings. The Hall–Kier alpha value is -1.64. The van der Waals surface area contributed by atoms with E-state index in [1.165, 1.54) is 24.8 Å². The lowest BCUT2D eigenvalue weighted by Gasteiger charge is -2.00. The summed E-state index contributed by atoms with van der Waals surface area (Å²) in [5.74, 6) is 0.581. The van der Waals surface area contributed by atoms with Crippen LogP contribution in [0.25, 0.3) is 11.5 Å². The van der Waals surface area contributed by atoms with Gasteiger partial charge in [-0.3, -0.25) is 0 Å². The highest BCUT2D eigenvalue weighted by Gasteiger charge is 2.02. The molecule has 3 heteroatoms. The fourth-order valence-electron chi connectivity index (χ4n) is 1.49. The van der Waals surface area contributed by atoms with Crippen molar-refractivity contribution in [3.63, 3.8) is 0 Å². The minimum atomic E-state index is 0.581. The third kappa shape index (κ3) is 2.43. The van der Waals surface area contributed by atoms with Gasteiger partial charge in [-0.2, -0.15) is 0 Å². The number of aryl methyl sites for hydroxylation is 1. The van der Waals surface area contributed by atoms with Gasteiger partial charge in [0.25, 0.3) is 0 Å². The first-order valence-corrected chi connectivity index (χ1v) is 5.25. The molecule has 0 aliphatic carbocycles. The van der Waals surface area contributed by atoms with Crippen molar-refractivity contribution < 1.29 is 4.42 Å². The van der Waals surface area contributed by atoms with E-state index in [9.17, 15) is 0 Å². The molecule has 0 amide bonds. The fraction of sp³-hybridized carbons (Fsp3) is 0.333. The van der Waals surface area contributed by atoms with E-state index in [0.717, 1.165) is 12.0 Å². The van der Waals surface area contributed by atoms with E-state index < -0.39 is 0 Å². The first-order chi connectivity index (χ1) is 7.40. The maximum absolute atomic E-state index is 5.12. The first kappa shape index (κ1) is 9.90. The lowest BCUT2D eigenvalue weighted by molar-refractivity contribution is 0.568. The van der Waals surface area contributed by atoms with E-state index in [4.69, 9.17) is 4.42 Å². The number of nitrogens with zero attached hydrogens (tertiary/aromatic N) is 2. The smallest absolute Gasteiger partial charge is 0.247 e. The Bertz CT molecular complexity index is 392. The van der Waals surface area contributed by atoms with Crippen LogP contribution in [-0.2, 0) is 6.42 Å². The van der Waals surface area contributed by atoms with E-state index in [1.54, 1.807) is 0 Å². The highest BCUT2D eigenvalue weighted by atomic mass is 16.4. The predicted octanol–water partition coefficient (Wildman–Crippen LogP) is 3.08. The Morgan fingerprint density at radius 3 is 2.60 bits per heavy atom. The molecule has 2 rings (SSSR count). The van der Waals surface area contributed by atoms with Gasteiger partial charge < -0.3 is 4.42 Å². The molecule has 0 unspecified atom stereocenters. The molecule has 0 atom stereocenters. The summed E-state index contributed by atoms with van der Waals surface area (Å²) >= 11 is 0. The normalized spacial score (nSPS) is 10.5. The molecular weight excluding hydrogens is 188 g/mol. The zero-order chi connectivity index (χ0) is 10.5. The van der Waals surface area contributed by atoms with Gasteiger partial charge in [-0.05, 0) is 30.5 Å². The van der Waals surface area contributed by atoms with E-state index in [-0.39, 0.29) is 0 Å². The topological polar surface area (TPSA) is 38.9 Å². The van der Waals surface area contributed by atoms with Gasteiger partial charge in [-0.25, -0.2) is 0 Å². The van der Waals surface area contributed by atoms with Crippen LogP contribution in [-0.4, -0.2) is 10.2 Å². The average molecular weight is 202 g/mol. The van der Waals surface area contributed by atoms with Crippen LogP contribution in [0, 0.1) is 0 Å². The summed E-state index contributed by atoms with van der Waals surface area (Å²) in [6, 6.07) is 8.29. The molecule has 0 saturated carbocycles. The van der Waals surface area contributed by atoms with Crippen LogP contribution in [0.4, 0.5) is 0 Å². The van der Waals surface area contributed by atoms with Crippen molar-refractivity contribution in [2.75, 3.05) is 0 Å². The summed E-state index contributed by atoms with van der Waals surface area (Å²) in [5, 5.41) is 7.52. The van der Waals surface area contributed by atoms with Crippen molar-refractivity contribution in [1.82, 2.24) is 10.2 Å². The molecule has 15 heavy (non-hydrogen) atoms. The van der Waals surface area contributed by atoms with Crippen LogP contribution < -0.4 is 0 Å². The van der Waals surface area contributed by atoms with Crippen molar-refractivity contribution in [2.24, 2.45) is 0 Å². The van der Waals surface area contributed by atoms with Gasteiger partial charge in [0.1, 0.15) is 0 Å². The van der Waals surface area contributed by atoms with Crippen molar-refractivity contribution in [3.8, 4) is 11.5 Å². The summed E-state index contributed by atoms with van der Waals surface area (Å²) in [5.41, 5.74) is 2.34. The third-order valence-electron chi connectivity index (χ3n) is 2.38. The molecule has 0 spiro atoms. The van der Waals surface area contributed by atoms with Gasteiger partial charge in [0.05, 0.1) is 0 Å². The molecule has 0 bridgehead atoms. The highest BCUT2D eigenvalue weighted by Crippen LogP contribution is 2.17. The summed E-state index contributed by atoms with van der Waals surface area (Å²) < 4.78 is 5.12. The summed E-state index contributed by atoms with van der Waals surface area (Å²) in [6.45, 7) is 2.20. The third-order valence-corrected chi connectivity index (χ3v) is 2.38. The lowest BCUT2D eigenvalue weighted by Crippen LogP contribution is -1.85. The van der Waals surface area contributed by atoms with Crippen LogP contribution >= 0.6 is 0 Å². The van der Waals surface area contributed by atoms with Gasteiger partial charge in [0, 0.05) is 5.56 Å². The second-order valence-electron chi connectivity index (χ2n) is 3.54. The molecule has 0 N–H and O–H groups in total. The Balaban J connectivity index is 2.11. The summed E-state index contributed by atoms with van der Waals surface area (Å²) in [4.78, 5) is 0. The van der Waals surface area contributed by atoms with Crippen LogP contribution in [0.5, 0.6) is 0 Å². The molecule has 0 saturated heterocycles. The Kier molecular flexibility index (Phi) is 3.12. The minimum absolute atomic E-state index is 0.581. The van der Waals surface area contributed by atoms with Crippen LogP contribution in [0.3, 0.4) is 0 Å². The molecule has 1 aromatic heterocycles. The van der Waals surface area contributed by atoms with E-state index >= 15 is 0 Å². The average Bonchev–Trinajstić information content (AvgIpc) is 2.80. The first-order valence-electron chi connectivity index (χ1n) is 5.25. The number of aromatic nitrogens is 2. The van der Waals surface area contributed by atoms with Crippen molar-refractivity contribution in [1.29, 1.82) is 0 Å². The summed E-state index contributed by atoms with van der Waals surface area (Å²) in [6.07, 6.45) is 4.95. The van der Waals surface area contributed by atoms with Gasteiger partial charge in [-0.1, -0.05) is 25.5 Å². The number of unbranched alkanes of at least 4 members (excludes halogenated alkanes) is 1. The molecule has 0 fully saturated rings. The number of rotatable bonds is 4. The Morgan fingerprint density at radius 2 is 2.00 bits per heavy atom. The van der Waals surface area contributed by atoms with E-state index in [2.05, 4.69) is 29.3 Å². The zero-order valence-electron chi connectivity index (χ0n) is 8.81. The van der Waals surface area contributed by atoms with Crippen molar-refractivity contribution >= 4 is 0 Å². The monoisotopic (exact) mass is 202 g/mol. The van der Waals surface area contributed by atoms with Crippen molar-refractivity contribution in [3.05, 3.63) is 36.2 Å². The standard InChI is InChI=1S/C12H14N2O/c1-2-3-4-10-5-7-11(8-6-10)12-14-13-9-15-12/h5-9H,2-4H2,1H3. The molecule has 3 nitrogen and oxygen atoms in total. The maximum Gasteiger partial charge on any atom is 0.247 e. The van der Waals surface area contributed by atoms with Crippen LogP contribution in [0.1, 0.15) is 25.3 Å². The number of hydrogen-bond donors (Lipinski definition) is 0. The molecule has 1 heterocycles. The molecular formula is C12H14N2O. The van der Waals surface area contributed by atoms with Gasteiger partial charge in [0.2, 0.25) is 12.3 Å². The zero-order valence-corrected chi connectivity index (χ0v) is 8.81. The lowest BCUT2D eigenvalue weighted by atomic mass is 10.1. The minimum Gasteiger partial charge on any atom is -0.423 e. The van der Waals surface area contributed by atoms with Crippen LogP contribution in [0.2, 0.25) is 0 Å². The second-order valence-corrected chi connectivity index (χ2v) is 3.54. The number of hydrogen-bond acceptors (Lipinski definition) is 3. The second kappa shape index (κ2) is 4.73.